The molecule has 0 unspecified atom stereocenters. The summed E-state index contributed by atoms with van der Waals surface area (Å²) in [6.45, 7) is 3.62. The van der Waals surface area contributed by atoms with Crippen molar-refractivity contribution in [2.75, 3.05) is 32.2 Å². The second-order valence-electron chi connectivity index (χ2n) is 6.06. The number of thiocarbonyl (C=S) groups is 1. The van der Waals surface area contributed by atoms with Gasteiger partial charge in [0.1, 0.15) is 5.75 Å². The Kier molecular flexibility index (Phi) is 6.13. The van der Waals surface area contributed by atoms with Crippen molar-refractivity contribution in [1.82, 2.24) is 9.80 Å². The summed E-state index contributed by atoms with van der Waals surface area (Å²) in [5.74, 6) is 0.812. The number of ether oxygens (including phenoxy) is 1. The molecule has 1 fully saturated rings. The Labute approximate surface area is 159 Å². The van der Waals surface area contributed by atoms with Gasteiger partial charge in [-0.2, -0.15) is 0 Å². The minimum Gasteiger partial charge on any atom is -0.497 e. The summed E-state index contributed by atoms with van der Waals surface area (Å²) in [7, 11) is 1.66. The van der Waals surface area contributed by atoms with Gasteiger partial charge in [0.25, 0.3) is 0 Å². The van der Waals surface area contributed by atoms with E-state index in [1.807, 2.05) is 42.5 Å². The number of anilines is 1. The molecule has 3 rings (SSSR count). The van der Waals surface area contributed by atoms with Crippen LogP contribution in [0.4, 0.5) is 5.69 Å². The van der Waals surface area contributed by atoms with Crippen LogP contribution in [0.3, 0.4) is 0 Å². The molecule has 6 heteroatoms. The van der Waals surface area contributed by atoms with E-state index in [1.165, 1.54) is 0 Å². The maximum Gasteiger partial charge on any atom is 0.174 e. The summed E-state index contributed by atoms with van der Waals surface area (Å²) < 4.78 is 5.26. The number of nitrogens with one attached hydrogen (secondary N) is 1. The number of hydrogen-bond donors (Lipinski definition) is 1. The molecule has 0 saturated carbocycles. The average molecular weight is 376 g/mol. The molecular weight excluding hydrogens is 354 g/mol. The quantitative estimate of drug-likeness (QED) is 0.808. The molecule has 2 aromatic rings. The fraction of sp³-hybridized carbons (Fsp3) is 0.316. The number of benzene rings is 2. The monoisotopic (exact) mass is 375 g/mol. The van der Waals surface area contributed by atoms with Crippen molar-refractivity contribution >= 4 is 34.6 Å². The lowest BCUT2D eigenvalue weighted by Crippen LogP contribution is -2.48. The first kappa shape index (κ1) is 18.0. The minimum absolute atomic E-state index is 0.733. The average Bonchev–Trinajstić information content (AvgIpc) is 2.64. The lowest BCUT2D eigenvalue weighted by Gasteiger charge is -2.37. The van der Waals surface area contributed by atoms with Crippen LogP contribution in [-0.4, -0.2) is 41.8 Å². The Bertz CT molecular complexity index is 740. The Morgan fingerprint density at radius 3 is 2.84 bits per heavy atom. The Morgan fingerprint density at radius 2 is 2.04 bits per heavy atom. The van der Waals surface area contributed by atoms with Gasteiger partial charge in [-0.3, -0.25) is 4.90 Å². The van der Waals surface area contributed by atoms with Crippen molar-refractivity contribution in [2.24, 2.45) is 0 Å². The third-order valence-corrected chi connectivity index (χ3v) is 4.96. The molecular formula is C19H22ClN3OS. The summed E-state index contributed by atoms with van der Waals surface area (Å²) in [6.07, 6.45) is 1.07. The highest BCUT2D eigenvalue weighted by atomic mass is 35.5. The van der Waals surface area contributed by atoms with Crippen LogP contribution in [0, 0.1) is 0 Å². The van der Waals surface area contributed by atoms with Crippen LogP contribution in [-0.2, 0) is 6.54 Å². The number of methoxy groups -OCH3 is 1. The standard InChI is InChI=1S/C19H22ClN3OS/c1-24-17-8-4-7-16(12-17)21-19(25)23-11-5-10-22(14-23)13-15-6-2-3-9-18(15)20/h2-4,6-9,12H,5,10-11,13-14H2,1H3,(H,21,25). The first-order valence-corrected chi connectivity index (χ1v) is 9.10. The van der Waals surface area contributed by atoms with E-state index in [1.54, 1.807) is 7.11 Å². The lowest BCUT2D eigenvalue weighted by atomic mass is 10.2. The predicted molar refractivity (Wildman–Crippen MR) is 107 cm³/mol. The highest BCUT2D eigenvalue weighted by Gasteiger charge is 2.20. The normalized spacial score (nSPS) is 15.0. The molecule has 0 amide bonds. The minimum atomic E-state index is 0.733. The molecule has 1 saturated heterocycles. The summed E-state index contributed by atoms with van der Waals surface area (Å²) in [4.78, 5) is 4.55. The molecule has 1 heterocycles. The van der Waals surface area contributed by atoms with E-state index in [0.29, 0.717) is 0 Å². The SMILES string of the molecule is COc1cccc(NC(=S)N2CCCN(Cc3ccccc3Cl)C2)c1. The molecule has 0 spiro atoms. The number of nitrogens with zero attached hydrogens (tertiary/aromatic N) is 2. The molecule has 132 valence electrons. The van der Waals surface area contributed by atoms with E-state index in [-0.39, 0.29) is 0 Å². The first-order valence-electron chi connectivity index (χ1n) is 8.31. The summed E-state index contributed by atoms with van der Waals surface area (Å²) in [5, 5.41) is 4.86. The van der Waals surface area contributed by atoms with Crippen LogP contribution in [0.15, 0.2) is 48.5 Å². The zero-order valence-electron chi connectivity index (χ0n) is 14.2. The molecule has 1 aliphatic heterocycles. The second kappa shape index (κ2) is 8.52. The molecule has 25 heavy (non-hydrogen) atoms. The van der Waals surface area contributed by atoms with Crippen molar-refractivity contribution in [1.29, 1.82) is 0 Å². The fourth-order valence-electron chi connectivity index (χ4n) is 2.93. The van der Waals surface area contributed by atoms with Crippen LogP contribution in [0.25, 0.3) is 0 Å². The second-order valence-corrected chi connectivity index (χ2v) is 6.86. The van der Waals surface area contributed by atoms with Gasteiger partial charge in [0.05, 0.1) is 13.8 Å². The maximum absolute atomic E-state index is 6.29. The molecule has 0 bridgehead atoms. The van der Waals surface area contributed by atoms with Crippen molar-refractivity contribution in [3.8, 4) is 5.75 Å². The van der Waals surface area contributed by atoms with Crippen LogP contribution in [0.1, 0.15) is 12.0 Å². The predicted octanol–water partition coefficient (Wildman–Crippen LogP) is 4.21. The van der Waals surface area contributed by atoms with E-state index in [4.69, 9.17) is 28.6 Å². The van der Waals surface area contributed by atoms with Gasteiger partial charge in [0.2, 0.25) is 0 Å². The van der Waals surface area contributed by atoms with Gasteiger partial charge in [-0.1, -0.05) is 35.9 Å². The number of hydrogen-bond acceptors (Lipinski definition) is 3. The smallest absolute Gasteiger partial charge is 0.174 e. The van der Waals surface area contributed by atoms with E-state index >= 15 is 0 Å². The van der Waals surface area contributed by atoms with E-state index in [0.717, 1.165) is 59.9 Å². The zero-order valence-corrected chi connectivity index (χ0v) is 15.8. The van der Waals surface area contributed by atoms with Gasteiger partial charge < -0.3 is 15.0 Å². The van der Waals surface area contributed by atoms with Gasteiger partial charge in [0.15, 0.2) is 5.11 Å². The fourth-order valence-corrected chi connectivity index (χ4v) is 3.40. The molecule has 0 aromatic heterocycles. The van der Waals surface area contributed by atoms with Crippen molar-refractivity contribution in [2.45, 2.75) is 13.0 Å². The van der Waals surface area contributed by atoms with Crippen LogP contribution in [0.5, 0.6) is 5.75 Å². The topological polar surface area (TPSA) is 27.7 Å². The summed E-state index contributed by atoms with van der Waals surface area (Å²) in [5.41, 5.74) is 2.09. The Hall–Kier alpha value is -1.82. The number of halogens is 1. The van der Waals surface area contributed by atoms with Crippen LogP contribution in [0.2, 0.25) is 5.02 Å². The van der Waals surface area contributed by atoms with Gasteiger partial charge in [-0.05, 0) is 42.4 Å². The molecule has 2 aromatic carbocycles. The highest BCUT2D eigenvalue weighted by molar-refractivity contribution is 7.80. The van der Waals surface area contributed by atoms with Gasteiger partial charge >= 0.3 is 0 Å². The molecule has 1 aliphatic rings. The Balaban J connectivity index is 1.60. The molecule has 0 radical (unpaired) electrons. The first-order chi connectivity index (χ1) is 12.2. The van der Waals surface area contributed by atoms with Crippen molar-refractivity contribution in [3.63, 3.8) is 0 Å². The maximum atomic E-state index is 6.29. The van der Waals surface area contributed by atoms with Crippen LogP contribution < -0.4 is 10.1 Å². The Morgan fingerprint density at radius 1 is 1.20 bits per heavy atom. The molecule has 0 aliphatic carbocycles. The van der Waals surface area contributed by atoms with Crippen molar-refractivity contribution < 1.29 is 4.74 Å². The molecule has 1 N–H and O–H groups in total. The van der Waals surface area contributed by atoms with Crippen molar-refractivity contribution in [3.05, 3.63) is 59.1 Å². The summed E-state index contributed by atoms with van der Waals surface area (Å²) in [6, 6.07) is 15.8. The van der Waals surface area contributed by atoms with Crippen LogP contribution >= 0.6 is 23.8 Å². The van der Waals surface area contributed by atoms with Gasteiger partial charge in [-0.15, -0.1) is 0 Å². The number of rotatable bonds is 4. The molecule has 4 nitrogen and oxygen atoms in total. The third kappa shape index (κ3) is 4.84. The van der Waals surface area contributed by atoms with E-state index in [9.17, 15) is 0 Å². The molecule has 0 atom stereocenters. The third-order valence-electron chi connectivity index (χ3n) is 4.23. The zero-order chi connectivity index (χ0) is 17.6. The van der Waals surface area contributed by atoms with E-state index < -0.39 is 0 Å². The lowest BCUT2D eigenvalue weighted by molar-refractivity contribution is 0.134. The van der Waals surface area contributed by atoms with E-state index in [2.05, 4.69) is 21.2 Å². The largest absolute Gasteiger partial charge is 0.497 e. The summed E-state index contributed by atoms with van der Waals surface area (Å²) >= 11 is 11.9. The van der Waals surface area contributed by atoms with Gasteiger partial charge in [0, 0.05) is 36.4 Å². The highest BCUT2D eigenvalue weighted by Crippen LogP contribution is 2.20. The van der Waals surface area contributed by atoms with Gasteiger partial charge in [-0.25, -0.2) is 0 Å².